The quantitative estimate of drug-likeness (QED) is 0.191. The molecule has 0 spiro atoms. The zero-order valence-corrected chi connectivity index (χ0v) is 15.4. The Morgan fingerprint density at radius 2 is 1.89 bits per heavy atom. The van der Waals surface area contributed by atoms with E-state index in [1.807, 2.05) is 4.90 Å². The van der Waals surface area contributed by atoms with Crippen LogP contribution >= 0.6 is 12.4 Å². The predicted molar refractivity (Wildman–Crippen MR) is 94.9 cm³/mol. The first kappa shape index (κ1) is 23.0. The number of carbonyl (C=O) groups excluding carboxylic acids is 1. The second-order valence-corrected chi connectivity index (χ2v) is 5.92. The van der Waals surface area contributed by atoms with Crippen molar-refractivity contribution >= 4 is 24.7 Å². The first-order chi connectivity index (χ1) is 12.2. The average molecular weight is 411 g/mol. The molecule has 0 saturated carbocycles. The van der Waals surface area contributed by atoms with E-state index >= 15 is 0 Å². The van der Waals surface area contributed by atoms with E-state index in [1.165, 1.54) is 12.4 Å². The Labute approximate surface area is 160 Å². The fourth-order valence-electron chi connectivity index (χ4n) is 2.69. The van der Waals surface area contributed by atoms with E-state index in [0.717, 1.165) is 25.3 Å². The summed E-state index contributed by atoms with van der Waals surface area (Å²) < 4.78 is 49.2. The number of carbonyl (C=O) groups is 1. The van der Waals surface area contributed by atoms with Gasteiger partial charge in [0.15, 0.2) is 0 Å². The Morgan fingerprint density at radius 3 is 2.41 bits per heavy atom. The summed E-state index contributed by atoms with van der Waals surface area (Å²) in [4.78, 5) is 14.4. The van der Waals surface area contributed by atoms with Crippen LogP contribution in [0.2, 0.25) is 0 Å². The van der Waals surface area contributed by atoms with Crippen molar-refractivity contribution in [2.75, 3.05) is 20.2 Å². The van der Waals surface area contributed by atoms with Crippen molar-refractivity contribution in [3.05, 3.63) is 35.4 Å². The third kappa shape index (κ3) is 5.47. The Morgan fingerprint density at radius 1 is 1.30 bits per heavy atom. The summed E-state index contributed by atoms with van der Waals surface area (Å²) >= 11 is 0. The number of rotatable bonds is 5. The maximum Gasteiger partial charge on any atom is 0.416 e. The number of alkyl halides is 3. The second kappa shape index (κ2) is 9.25. The highest BCUT2D eigenvalue weighted by Crippen LogP contribution is 2.32. The summed E-state index contributed by atoms with van der Waals surface area (Å²) in [6, 6.07) is 4.13. The molecule has 2 rings (SSSR count). The van der Waals surface area contributed by atoms with Crippen LogP contribution in [0.25, 0.3) is 0 Å². The Kier molecular flexibility index (Phi) is 7.88. The van der Waals surface area contributed by atoms with Crippen LogP contribution in [0.15, 0.2) is 29.4 Å². The van der Waals surface area contributed by atoms with Gasteiger partial charge in [-0.15, -0.1) is 12.4 Å². The number of halogens is 4. The van der Waals surface area contributed by atoms with Crippen LogP contribution in [0.5, 0.6) is 0 Å². The lowest BCUT2D eigenvalue weighted by Gasteiger charge is -2.33. The fourth-order valence-corrected chi connectivity index (χ4v) is 2.69. The van der Waals surface area contributed by atoms with Crippen molar-refractivity contribution < 1.29 is 27.4 Å². The lowest BCUT2D eigenvalue weighted by atomic mass is 10.00. The number of likely N-dealkylation sites (tertiary alicyclic amines) is 1. The molecule has 7 nitrogen and oxygen atoms in total. The normalized spacial score (nSPS) is 18.0. The summed E-state index contributed by atoms with van der Waals surface area (Å²) in [7, 11) is 1.14. The van der Waals surface area contributed by atoms with Gasteiger partial charge in [-0.3, -0.25) is 5.73 Å². The molecule has 0 aliphatic carbocycles. The van der Waals surface area contributed by atoms with Gasteiger partial charge in [-0.25, -0.2) is 4.79 Å². The molecule has 1 atom stereocenters. The molecule has 0 aromatic heterocycles. The monoisotopic (exact) mass is 410 g/mol. The molecular formula is C16H22ClF3N4O3. The third-order valence-corrected chi connectivity index (χ3v) is 4.22. The van der Waals surface area contributed by atoms with E-state index in [0.29, 0.717) is 25.9 Å². The van der Waals surface area contributed by atoms with Gasteiger partial charge in [0, 0.05) is 38.6 Å². The zero-order chi connectivity index (χ0) is 19.4. The molecule has 1 aromatic rings. The van der Waals surface area contributed by atoms with Crippen molar-refractivity contribution in [1.82, 2.24) is 4.90 Å². The molecule has 152 valence electrons. The second-order valence-electron chi connectivity index (χ2n) is 5.92. The van der Waals surface area contributed by atoms with Gasteiger partial charge in [-0.1, -0.05) is 12.1 Å². The SMILES string of the molecule is COC(N)(C(=O)OC1CCN(C=NN)CC1)c1cccc(C(F)(F)F)c1.Cl. The van der Waals surface area contributed by atoms with Crippen molar-refractivity contribution in [1.29, 1.82) is 0 Å². The molecule has 4 N–H and O–H groups in total. The highest BCUT2D eigenvalue weighted by atomic mass is 35.5. The molecule has 1 heterocycles. The van der Waals surface area contributed by atoms with E-state index in [4.69, 9.17) is 21.1 Å². The van der Waals surface area contributed by atoms with E-state index in [2.05, 4.69) is 5.10 Å². The van der Waals surface area contributed by atoms with Gasteiger partial charge in [0.25, 0.3) is 0 Å². The van der Waals surface area contributed by atoms with Gasteiger partial charge >= 0.3 is 12.1 Å². The number of methoxy groups -OCH3 is 1. The molecule has 0 amide bonds. The van der Waals surface area contributed by atoms with Crippen molar-refractivity contribution in [2.24, 2.45) is 16.7 Å². The molecule has 1 aliphatic heterocycles. The first-order valence-electron chi connectivity index (χ1n) is 7.91. The van der Waals surface area contributed by atoms with E-state index in [9.17, 15) is 18.0 Å². The summed E-state index contributed by atoms with van der Waals surface area (Å²) in [6.07, 6.45) is -2.47. The van der Waals surface area contributed by atoms with Gasteiger partial charge in [-0.05, 0) is 12.1 Å². The molecule has 1 aromatic carbocycles. The van der Waals surface area contributed by atoms with Crippen molar-refractivity contribution in [3.63, 3.8) is 0 Å². The Bertz CT molecular complexity index is 667. The molecule has 11 heteroatoms. The average Bonchev–Trinajstić information content (AvgIpc) is 2.62. The van der Waals surface area contributed by atoms with Crippen LogP contribution in [0.1, 0.15) is 24.0 Å². The van der Waals surface area contributed by atoms with Gasteiger partial charge in [-0.2, -0.15) is 18.3 Å². The smallest absolute Gasteiger partial charge is 0.416 e. The van der Waals surface area contributed by atoms with Crippen LogP contribution in [0.4, 0.5) is 13.2 Å². The number of benzene rings is 1. The standard InChI is InChI=1S/C16H21F3N4O3.ClH/c1-25-15(20,11-3-2-4-12(9-11)16(17,18)19)14(24)26-13-5-7-23(8-6-13)10-22-21;/h2-4,9-10,13H,5-8,20-21H2,1H3;1H. The van der Waals surface area contributed by atoms with Gasteiger partial charge < -0.3 is 20.2 Å². The Balaban J connectivity index is 0.00000364. The molecule has 1 fully saturated rings. The molecule has 0 bridgehead atoms. The number of nitrogens with two attached hydrogens (primary N) is 2. The number of hydrogen-bond acceptors (Lipinski definition) is 6. The lowest BCUT2D eigenvalue weighted by molar-refractivity contribution is -0.177. The predicted octanol–water partition coefficient (Wildman–Crippen LogP) is 1.79. The number of hydrogen-bond donors (Lipinski definition) is 2. The zero-order valence-electron chi connectivity index (χ0n) is 14.6. The molecule has 0 radical (unpaired) electrons. The number of hydrazone groups is 1. The maximum absolute atomic E-state index is 12.9. The van der Waals surface area contributed by atoms with Crippen LogP contribution in [0, 0.1) is 0 Å². The molecule has 27 heavy (non-hydrogen) atoms. The molecule has 1 unspecified atom stereocenters. The molecular weight excluding hydrogens is 389 g/mol. The topological polar surface area (TPSA) is 103 Å². The highest BCUT2D eigenvalue weighted by Gasteiger charge is 2.41. The van der Waals surface area contributed by atoms with Crippen LogP contribution in [-0.4, -0.2) is 43.5 Å². The highest BCUT2D eigenvalue weighted by molar-refractivity contribution is 5.85. The Hall–Kier alpha value is -2.04. The number of esters is 1. The molecule has 1 aliphatic rings. The third-order valence-electron chi connectivity index (χ3n) is 4.22. The molecule has 1 saturated heterocycles. The van der Waals surface area contributed by atoms with Crippen LogP contribution in [-0.2, 0) is 26.2 Å². The lowest BCUT2D eigenvalue weighted by Crippen LogP contribution is -2.50. The summed E-state index contributed by atoms with van der Waals surface area (Å²) in [5.74, 6) is 4.15. The van der Waals surface area contributed by atoms with Gasteiger partial charge in [0.2, 0.25) is 5.72 Å². The first-order valence-corrected chi connectivity index (χ1v) is 7.91. The minimum Gasteiger partial charge on any atom is -0.459 e. The minimum absolute atomic E-state index is 0. The van der Waals surface area contributed by atoms with E-state index in [-0.39, 0.29) is 18.0 Å². The largest absolute Gasteiger partial charge is 0.459 e. The summed E-state index contributed by atoms with van der Waals surface area (Å²) in [6.45, 7) is 1.15. The minimum atomic E-state index is -4.56. The van der Waals surface area contributed by atoms with Crippen LogP contribution < -0.4 is 11.6 Å². The van der Waals surface area contributed by atoms with Crippen molar-refractivity contribution in [2.45, 2.75) is 30.8 Å². The summed E-state index contributed by atoms with van der Waals surface area (Å²) in [5, 5.41) is 3.43. The van der Waals surface area contributed by atoms with Crippen LogP contribution in [0.3, 0.4) is 0 Å². The van der Waals surface area contributed by atoms with Gasteiger partial charge in [0.05, 0.1) is 5.56 Å². The summed E-state index contributed by atoms with van der Waals surface area (Å²) in [5.41, 5.74) is 2.77. The fraction of sp³-hybridized carbons (Fsp3) is 0.500. The van der Waals surface area contributed by atoms with Crippen molar-refractivity contribution in [3.8, 4) is 0 Å². The van der Waals surface area contributed by atoms with E-state index < -0.39 is 29.5 Å². The maximum atomic E-state index is 12.9. The number of piperidine rings is 1. The number of nitrogens with zero attached hydrogens (tertiary/aromatic N) is 2. The van der Waals surface area contributed by atoms with E-state index in [1.54, 1.807) is 0 Å². The van der Waals surface area contributed by atoms with Gasteiger partial charge in [0.1, 0.15) is 12.4 Å². The number of ether oxygens (including phenoxy) is 2.